The summed E-state index contributed by atoms with van der Waals surface area (Å²) < 4.78 is 12.1. The van der Waals surface area contributed by atoms with Crippen LogP contribution in [-0.4, -0.2) is 59.4 Å². The van der Waals surface area contributed by atoms with Gasteiger partial charge in [-0.1, -0.05) is 43.2 Å². The first-order chi connectivity index (χ1) is 20.4. The lowest BCUT2D eigenvalue weighted by molar-refractivity contribution is -0.122. The molecule has 2 fully saturated rings. The van der Waals surface area contributed by atoms with Gasteiger partial charge in [-0.2, -0.15) is 0 Å². The lowest BCUT2D eigenvalue weighted by Crippen LogP contribution is -2.46. The number of nitrogens with zero attached hydrogens (tertiary/aromatic N) is 1. The molecule has 2 saturated heterocycles. The zero-order chi connectivity index (χ0) is 31.2. The van der Waals surface area contributed by atoms with Crippen molar-refractivity contribution in [1.29, 1.82) is 0 Å². The second kappa shape index (κ2) is 12.8. The molecule has 12 heteroatoms. The number of methoxy groups -OCH3 is 1. The lowest BCUT2D eigenvalue weighted by atomic mass is 9.57. The number of phenols is 1. The van der Waals surface area contributed by atoms with Crippen molar-refractivity contribution in [2.45, 2.75) is 52.5 Å². The summed E-state index contributed by atoms with van der Waals surface area (Å²) in [6.07, 6.45) is 3.55. The molecule has 0 radical (unpaired) electrons. The minimum atomic E-state index is -1.72. The Morgan fingerprint density at radius 1 is 1.21 bits per heavy atom. The number of allylic oxidation sites excluding steroid dienone is 2. The predicted molar refractivity (Wildman–Crippen MR) is 174 cm³/mol. The van der Waals surface area contributed by atoms with Gasteiger partial charge in [0.15, 0.2) is 11.5 Å². The minimum Gasteiger partial charge on any atom is -0.504 e. The van der Waals surface area contributed by atoms with Crippen molar-refractivity contribution in [3.05, 3.63) is 62.3 Å². The number of anilines is 1. The first-order valence-electron chi connectivity index (χ1n) is 14.5. The third kappa shape index (κ3) is 6.17. The van der Waals surface area contributed by atoms with E-state index in [0.717, 1.165) is 22.3 Å². The molecule has 1 aliphatic carbocycles. The zero-order valence-electron chi connectivity index (χ0n) is 24.7. The van der Waals surface area contributed by atoms with E-state index in [4.69, 9.17) is 9.39 Å². The Morgan fingerprint density at radius 2 is 1.95 bits per heavy atom. The number of phenolic OH excluding ortho intramolecular Hbond substituents is 1. The molecule has 4 atom stereocenters. The summed E-state index contributed by atoms with van der Waals surface area (Å²) >= 11 is 2.07. The monoisotopic (exact) mass is 699 g/mol. The van der Waals surface area contributed by atoms with Crippen molar-refractivity contribution in [3.63, 3.8) is 0 Å². The average Bonchev–Trinajstić information content (AvgIpc) is 3.22. The number of ether oxygens (including phenoxy) is 1. The van der Waals surface area contributed by atoms with Gasteiger partial charge in [-0.25, -0.2) is 0 Å². The fourth-order valence-corrected chi connectivity index (χ4v) is 7.50. The van der Waals surface area contributed by atoms with E-state index in [9.17, 15) is 29.8 Å². The number of rotatable bonds is 8. The number of benzene rings is 2. The molecule has 2 amide bonds. The number of amides is 2. The maximum absolute atomic E-state index is 13.9. The highest BCUT2D eigenvalue weighted by atomic mass is 127. The third-order valence-electron chi connectivity index (χ3n) is 8.85. The van der Waals surface area contributed by atoms with Crippen LogP contribution in [0.2, 0.25) is 6.32 Å². The zero-order valence-corrected chi connectivity index (χ0v) is 26.8. The van der Waals surface area contributed by atoms with Crippen molar-refractivity contribution < 1.29 is 39.2 Å². The number of halogens is 1. The van der Waals surface area contributed by atoms with E-state index in [1.165, 1.54) is 24.1 Å². The molecular formula is C31H36B2INO8. The topological polar surface area (TPSA) is 137 Å². The largest absolute Gasteiger partial charge is 0.504 e. The smallest absolute Gasteiger partial charge is 0.488 e. The van der Waals surface area contributed by atoms with Gasteiger partial charge in [0, 0.05) is 0 Å². The molecule has 0 saturated carbocycles. The average molecular weight is 699 g/mol. The Kier molecular flexibility index (Phi) is 9.43. The number of hydrogen-bond acceptors (Lipinski definition) is 8. The maximum Gasteiger partial charge on any atom is 0.488 e. The standard InChI is InChI=1S/C31H36B2INO8/c1-16(2)21-14-22-28(31(38)35(30(22)37)20-7-5-6-19(13-20)33(40)41)23-15-32(39)43-25(27(21)23)9-8-17(3)10-18-11-24(34)29(36)26(12-18)42-4/h5-7,10-13,16,22-23,25,28,36,39-41H,8-9,14-15H2,1-4H3/b17-10+/t22-,23+,25-,28-/m1/s1. The van der Waals surface area contributed by atoms with Crippen LogP contribution >= 0.6 is 22.6 Å². The molecule has 0 bridgehead atoms. The van der Waals surface area contributed by atoms with Gasteiger partial charge in [0.05, 0.1) is 34.3 Å². The van der Waals surface area contributed by atoms with E-state index in [2.05, 4.69) is 36.4 Å². The van der Waals surface area contributed by atoms with Crippen LogP contribution in [0.5, 0.6) is 11.5 Å². The summed E-state index contributed by atoms with van der Waals surface area (Å²) in [5.41, 5.74) is 4.61. The molecule has 4 N–H and O–H groups in total. The molecule has 2 aromatic rings. The Balaban J connectivity index is 1.43. The van der Waals surface area contributed by atoms with E-state index in [1.54, 1.807) is 18.2 Å². The molecule has 0 unspecified atom stereocenters. The van der Waals surface area contributed by atoms with E-state index in [-0.39, 0.29) is 41.2 Å². The summed E-state index contributed by atoms with van der Waals surface area (Å²) in [5, 5.41) is 40.3. The van der Waals surface area contributed by atoms with Crippen LogP contribution in [0.15, 0.2) is 53.1 Å². The van der Waals surface area contributed by atoms with Gasteiger partial charge in [-0.15, -0.1) is 0 Å². The predicted octanol–water partition coefficient (Wildman–Crippen LogP) is 3.53. The van der Waals surface area contributed by atoms with Crippen LogP contribution in [0.25, 0.3) is 6.08 Å². The summed E-state index contributed by atoms with van der Waals surface area (Å²) in [6, 6.07) is 9.86. The Labute approximate surface area is 266 Å². The Morgan fingerprint density at radius 3 is 2.63 bits per heavy atom. The lowest BCUT2D eigenvalue weighted by Gasteiger charge is -2.44. The summed E-state index contributed by atoms with van der Waals surface area (Å²) in [4.78, 5) is 28.9. The van der Waals surface area contributed by atoms with Gasteiger partial charge in [0.2, 0.25) is 11.8 Å². The molecule has 226 valence electrons. The SMILES string of the molecule is COc1cc(/C=C(\C)CC[C@H]2OB(O)C[C@H]3C2=C(C(C)C)C[C@H]2C(=O)N(c4cccc(B(O)O)c4)C(=O)[C@H]23)cc(I)c1O. The number of fused-ring (bicyclic) bond motifs is 3. The molecule has 0 spiro atoms. The Bertz CT molecular complexity index is 1490. The first kappa shape index (κ1) is 31.8. The molecule has 9 nitrogen and oxygen atoms in total. The third-order valence-corrected chi connectivity index (χ3v) is 9.67. The number of carbonyl (C=O) groups is 2. The molecule has 5 rings (SSSR count). The van der Waals surface area contributed by atoms with Crippen LogP contribution in [0, 0.1) is 27.2 Å². The van der Waals surface area contributed by atoms with Gasteiger partial charge < -0.3 is 29.6 Å². The quantitative estimate of drug-likeness (QED) is 0.142. The van der Waals surface area contributed by atoms with Crippen LogP contribution in [-0.2, 0) is 14.2 Å². The van der Waals surface area contributed by atoms with Gasteiger partial charge in [-0.3, -0.25) is 14.5 Å². The van der Waals surface area contributed by atoms with Crippen LogP contribution in [0.4, 0.5) is 5.69 Å². The molecular weight excluding hydrogens is 663 g/mol. The van der Waals surface area contributed by atoms with Gasteiger partial charge in [0.1, 0.15) is 0 Å². The number of aromatic hydroxyl groups is 1. The Hall–Kier alpha value is -2.64. The summed E-state index contributed by atoms with van der Waals surface area (Å²) in [5.74, 6) is -1.53. The van der Waals surface area contributed by atoms with Crippen molar-refractivity contribution in [1.82, 2.24) is 0 Å². The highest BCUT2D eigenvalue weighted by Crippen LogP contribution is 2.52. The molecule has 2 aliphatic heterocycles. The van der Waals surface area contributed by atoms with Crippen LogP contribution in [0.1, 0.15) is 45.6 Å². The molecule has 3 aliphatic rings. The molecule has 43 heavy (non-hydrogen) atoms. The van der Waals surface area contributed by atoms with Crippen LogP contribution < -0.4 is 15.1 Å². The maximum atomic E-state index is 13.9. The van der Waals surface area contributed by atoms with E-state index < -0.39 is 32.2 Å². The first-order valence-corrected chi connectivity index (χ1v) is 15.6. The van der Waals surface area contributed by atoms with Crippen molar-refractivity contribution >= 4 is 65.9 Å². The highest BCUT2D eigenvalue weighted by molar-refractivity contribution is 14.1. The molecule has 0 aromatic heterocycles. The summed E-state index contributed by atoms with van der Waals surface area (Å²) in [6.45, 7) is 6.18. The van der Waals surface area contributed by atoms with E-state index in [0.29, 0.717) is 34.3 Å². The van der Waals surface area contributed by atoms with Crippen molar-refractivity contribution in [2.75, 3.05) is 12.0 Å². The number of carbonyl (C=O) groups excluding carboxylic acids is 2. The van der Waals surface area contributed by atoms with Crippen LogP contribution in [0.3, 0.4) is 0 Å². The second-order valence-electron chi connectivity index (χ2n) is 12.0. The number of imide groups is 1. The fourth-order valence-electron chi connectivity index (χ4n) is 6.88. The van der Waals surface area contributed by atoms with Gasteiger partial charge in [-0.05, 0) is 108 Å². The number of hydrogen-bond donors (Lipinski definition) is 4. The van der Waals surface area contributed by atoms with Crippen molar-refractivity contribution in [2.24, 2.45) is 23.7 Å². The summed E-state index contributed by atoms with van der Waals surface area (Å²) in [7, 11) is -1.27. The van der Waals surface area contributed by atoms with E-state index >= 15 is 0 Å². The van der Waals surface area contributed by atoms with Gasteiger partial charge >= 0.3 is 14.2 Å². The highest BCUT2D eigenvalue weighted by Gasteiger charge is 2.57. The normalized spacial score (nSPS) is 24.1. The van der Waals surface area contributed by atoms with Crippen molar-refractivity contribution in [3.8, 4) is 11.5 Å². The fraction of sp³-hybridized carbons (Fsp3) is 0.419. The minimum absolute atomic E-state index is 0.106. The second-order valence-corrected chi connectivity index (χ2v) is 13.1. The molecule has 2 aromatic carbocycles. The molecule has 2 heterocycles. The van der Waals surface area contributed by atoms with E-state index in [1.807, 2.05) is 19.1 Å². The van der Waals surface area contributed by atoms with Gasteiger partial charge in [0.25, 0.3) is 0 Å².